The highest BCUT2D eigenvalue weighted by Gasteiger charge is 2.26. The molecule has 36 heavy (non-hydrogen) atoms. The smallest absolute Gasteiger partial charge is 0.345 e. The Bertz CT molecular complexity index is 1570. The number of nitrogens with one attached hydrogen (secondary N) is 1. The summed E-state index contributed by atoms with van der Waals surface area (Å²) in [7, 11) is 1.22. The molecular formula is C28H22N4O4. The van der Waals surface area contributed by atoms with Crippen LogP contribution in [-0.4, -0.2) is 27.8 Å². The van der Waals surface area contributed by atoms with Crippen molar-refractivity contribution in [1.82, 2.24) is 14.7 Å². The summed E-state index contributed by atoms with van der Waals surface area (Å²) in [6, 6.07) is 27.0. The van der Waals surface area contributed by atoms with E-state index in [4.69, 9.17) is 9.57 Å². The number of anilines is 2. The van der Waals surface area contributed by atoms with Gasteiger partial charge in [-0.3, -0.25) is 4.79 Å². The Labute approximate surface area is 206 Å². The third-order valence-corrected chi connectivity index (χ3v) is 5.61. The minimum atomic E-state index is -0.812. The molecule has 0 saturated heterocycles. The van der Waals surface area contributed by atoms with Gasteiger partial charge in [-0.1, -0.05) is 72.8 Å². The van der Waals surface area contributed by atoms with Gasteiger partial charge < -0.3 is 14.9 Å². The zero-order valence-corrected chi connectivity index (χ0v) is 19.4. The lowest BCUT2D eigenvalue weighted by Gasteiger charge is -2.17. The molecule has 0 spiro atoms. The second kappa shape index (κ2) is 10.1. The molecule has 0 aliphatic carbocycles. The van der Waals surface area contributed by atoms with Crippen molar-refractivity contribution in [2.45, 2.75) is 6.61 Å². The highest BCUT2D eigenvalue weighted by atomic mass is 16.7. The molecule has 0 amide bonds. The van der Waals surface area contributed by atoms with Crippen molar-refractivity contribution in [2.24, 2.45) is 0 Å². The Kier molecular flexibility index (Phi) is 6.40. The van der Waals surface area contributed by atoms with Crippen molar-refractivity contribution in [2.75, 3.05) is 12.4 Å². The molecule has 3 aromatic carbocycles. The lowest BCUT2D eigenvalue weighted by molar-refractivity contribution is 0.0585. The number of methoxy groups -OCH3 is 1. The van der Waals surface area contributed by atoms with Crippen LogP contribution in [0.3, 0.4) is 0 Å². The predicted molar refractivity (Wildman–Crippen MR) is 137 cm³/mol. The van der Waals surface area contributed by atoms with Gasteiger partial charge in [0.1, 0.15) is 12.1 Å². The summed E-state index contributed by atoms with van der Waals surface area (Å²) < 4.78 is 5.93. The summed E-state index contributed by atoms with van der Waals surface area (Å²) >= 11 is 0. The van der Waals surface area contributed by atoms with Crippen molar-refractivity contribution in [3.8, 4) is 11.1 Å². The van der Waals surface area contributed by atoms with E-state index in [9.17, 15) is 9.59 Å². The minimum Gasteiger partial charge on any atom is -0.465 e. The average Bonchev–Trinajstić information content (AvgIpc) is 2.94. The molecule has 5 aromatic rings. The number of hydrogen-bond acceptors (Lipinski definition) is 7. The molecule has 8 heteroatoms. The van der Waals surface area contributed by atoms with Gasteiger partial charge in [0.05, 0.1) is 12.8 Å². The van der Waals surface area contributed by atoms with Crippen molar-refractivity contribution < 1.29 is 14.4 Å². The van der Waals surface area contributed by atoms with E-state index < -0.39 is 11.5 Å². The predicted octanol–water partition coefficient (Wildman–Crippen LogP) is 4.62. The SMILES string of the molecule is COC(=O)c1c(Nc2ccc(-c3ccccc3)cc2)c2nccnc2n(OCc2ccccc2)c1=O. The fraction of sp³-hybridized carbons (Fsp3) is 0.0714. The number of carbonyl (C=O) groups is 1. The summed E-state index contributed by atoms with van der Waals surface area (Å²) in [5.41, 5.74) is 3.35. The van der Waals surface area contributed by atoms with Crippen molar-refractivity contribution in [1.29, 1.82) is 0 Å². The van der Waals surface area contributed by atoms with Gasteiger partial charge in [0, 0.05) is 18.1 Å². The van der Waals surface area contributed by atoms with Crippen LogP contribution in [0.25, 0.3) is 22.3 Å². The van der Waals surface area contributed by atoms with Crippen molar-refractivity contribution >= 4 is 28.5 Å². The van der Waals surface area contributed by atoms with Crippen LogP contribution in [-0.2, 0) is 11.3 Å². The van der Waals surface area contributed by atoms with Crippen LogP contribution < -0.4 is 15.7 Å². The van der Waals surface area contributed by atoms with E-state index in [1.165, 1.54) is 19.5 Å². The number of esters is 1. The number of pyridine rings is 1. The van der Waals surface area contributed by atoms with Crippen LogP contribution in [0.5, 0.6) is 0 Å². The molecule has 1 N–H and O–H groups in total. The first-order chi connectivity index (χ1) is 17.7. The molecule has 0 fully saturated rings. The molecule has 2 heterocycles. The lowest BCUT2D eigenvalue weighted by atomic mass is 10.1. The molecule has 0 atom stereocenters. The molecule has 0 aliphatic heterocycles. The lowest BCUT2D eigenvalue weighted by Crippen LogP contribution is -2.33. The second-order valence-electron chi connectivity index (χ2n) is 7.90. The third-order valence-electron chi connectivity index (χ3n) is 5.61. The van der Waals surface area contributed by atoms with E-state index in [1.807, 2.05) is 84.9 Å². The van der Waals surface area contributed by atoms with E-state index in [-0.39, 0.29) is 29.0 Å². The summed E-state index contributed by atoms with van der Waals surface area (Å²) in [6.07, 6.45) is 2.94. The average molecular weight is 479 g/mol. The first kappa shape index (κ1) is 22.8. The van der Waals surface area contributed by atoms with Gasteiger partial charge in [0.25, 0.3) is 0 Å². The molecule has 0 bridgehead atoms. The highest BCUT2D eigenvalue weighted by molar-refractivity contribution is 6.03. The molecule has 0 aliphatic rings. The second-order valence-corrected chi connectivity index (χ2v) is 7.90. The zero-order valence-electron chi connectivity index (χ0n) is 19.4. The number of aromatic nitrogens is 3. The van der Waals surface area contributed by atoms with Gasteiger partial charge in [0.2, 0.25) is 5.65 Å². The molecule has 2 aromatic heterocycles. The summed E-state index contributed by atoms with van der Waals surface area (Å²) in [5, 5.41) is 3.18. The monoisotopic (exact) mass is 478 g/mol. The number of benzene rings is 3. The van der Waals surface area contributed by atoms with Crippen LogP contribution in [0.1, 0.15) is 15.9 Å². The van der Waals surface area contributed by atoms with Crippen LogP contribution in [0.2, 0.25) is 0 Å². The Morgan fingerprint density at radius 3 is 2.19 bits per heavy atom. The van der Waals surface area contributed by atoms with E-state index in [2.05, 4.69) is 15.3 Å². The van der Waals surface area contributed by atoms with E-state index >= 15 is 0 Å². The molecule has 0 radical (unpaired) electrons. The summed E-state index contributed by atoms with van der Waals surface area (Å²) in [6.45, 7) is 0.0980. The largest absolute Gasteiger partial charge is 0.465 e. The Balaban J connectivity index is 1.58. The van der Waals surface area contributed by atoms with Gasteiger partial charge in [-0.15, -0.1) is 4.73 Å². The van der Waals surface area contributed by atoms with Crippen LogP contribution in [0.15, 0.2) is 102 Å². The first-order valence-corrected chi connectivity index (χ1v) is 11.2. The van der Waals surface area contributed by atoms with Crippen LogP contribution in [0, 0.1) is 0 Å². The zero-order chi connectivity index (χ0) is 24.9. The number of ether oxygens (including phenoxy) is 1. The van der Waals surface area contributed by atoms with Gasteiger partial charge >= 0.3 is 11.5 Å². The highest BCUT2D eigenvalue weighted by Crippen LogP contribution is 2.28. The van der Waals surface area contributed by atoms with Crippen molar-refractivity contribution in [3.05, 3.63) is 119 Å². The van der Waals surface area contributed by atoms with Crippen LogP contribution >= 0.6 is 0 Å². The van der Waals surface area contributed by atoms with E-state index in [0.717, 1.165) is 21.4 Å². The number of carbonyl (C=O) groups excluding carboxylic acids is 1. The summed E-state index contributed by atoms with van der Waals surface area (Å²) in [4.78, 5) is 40.8. The maximum absolute atomic E-state index is 13.5. The normalized spacial score (nSPS) is 10.7. The molecule has 5 rings (SSSR count). The third kappa shape index (κ3) is 4.52. The quantitative estimate of drug-likeness (QED) is 0.341. The Morgan fingerprint density at radius 1 is 0.861 bits per heavy atom. The van der Waals surface area contributed by atoms with Crippen molar-refractivity contribution in [3.63, 3.8) is 0 Å². The Morgan fingerprint density at radius 2 is 1.50 bits per heavy atom. The fourth-order valence-electron chi connectivity index (χ4n) is 3.85. The van der Waals surface area contributed by atoms with Gasteiger partial charge in [-0.05, 0) is 28.8 Å². The standard InChI is InChI=1S/C28H22N4O4/c1-35-28(34)23-24(31-22-14-12-21(13-15-22)20-10-6-3-7-11-20)25-26(30-17-16-29-25)32(27(23)33)36-18-19-8-4-2-5-9-19/h2-17,31H,18H2,1H3. The Hall–Kier alpha value is -4.98. The van der Waals surface area contributed by atoms with E-state index in [1.54, 1.807) is 0 Å². The molecule has 8 nitrogen and oxygen atoms in total. The minimum absolute atomic E-state index is 0.0980. The molecular weight excluding hydrogens is 456 g/mol. The van der Waals surface area contributed by atoms with Gasteiger partial charge in [0.15, 0.2) is 5.56 Å². The first-order valence-electron chi connectivity index (χ1n) is 11.2. The number of nitrogens with zero attached hydrogens (tertiary/aromatic N) is 3. The number of hydrogen-bond donors (Lipinski definition) is 1. The maximum atomic E-state index is 13.5. The molecule has 0 saturated carbocycles. The molecule has 178 valence electrons. The fourth-order valence-corrected chi connectivity index (χ4v) is 3.85. The number of fused-ring (bicyclic) bond motifs is 1. The van der Waals surface area contributed by atoms with Gasteiger partial charge in [-0.25, -0.2) is 14.8 Å². The van der Waals surface area contributed by atoms with Gasteiger partial charge in [-0.2, -0.15) is 0 Å². The summed E-state index contributed by atoms with van der Waals surface area (Å²) in [5.74, 6) is -0.812. The molecule has 0 unspecified atom stereocenters. The number of rotatable bonds is 7. The van der Waals surface area contributed by atoms with E-state index in [0.29, 0.717) is 5.69 Å². The maximum Gasteiger partial charge on any atom is 0.345 e. The topological polar surface area (TPSA) is 95.3 Å². The van der Waals surface area contributed by atoms with Crippen LogP contribution in [0.4, 0.5) is 11.4 Å².